The smallest absolute Gasteiger partial charge is 0.168 e. The number of halogens is 2. The average molecular weight is 1850 g/mol. The molecule has 0 spiro atoms. The summed E-state index contributed by atoms with van der Waals surface area (Å²) < 4.78 is 28.3. The van der Waals surface area contributed by atoms with Crippen molar-refractivity contribution in [2.45, 2.75) is 67.3 Å². The third-order valence-corrected chi connectivity index (χ3v) is 25.1. The lowest BCUT2D eigenvalue weighted by Gasteiger charge is -2.33. The molecule has 20 rings (SSSR count). The van der Waals surface area contributed by atoms with Gasteiger partial charge in [-0.05, 0) is 137 Å². The number of piperazine rings is 5. The van der Waals surface area contributed by atoms with Crippen LogP contribution in [0.4, 0.5) is 66.6 Å². The first kappa shape index (κ1) is 96.0. The Morgan fingerprint density at radius 2 is 0.613 bits per heavy atom. The molecule has 0 atom stereocenters. The monoisotopic (exact) mass is 1850 g/mol. The number of rotatable bonds is 20. The maximum Gasteiger partial charge on any atom is 0.168 e. The van der Waals surface area contributed by atoms with E-state index < -0.39 is 11.6 Å². The molecule has 15 aromatic rings. The number of likely N-dealkylation sites (N-methyl/N-ethyl adjacent to an activating group) is 5. The summed E-state index contributed by atoms with van der Waals surface area (Å²) in [4.78, 5) is 124. The Morgan fingerprint density at radius 1 is 0.277 bits per heavy atom. The van der Waals surface area contributed by atoms with Crippen LogP contribution in [0.15, 0.2) is 171 Å². The van der Waals surface area contributed by atoms with Crippen LogP contribution in [-0.4, -0.2) is 326 Å². The van der Waals surface area contributed by atoms with Crippen molar-refractivity contribution in [1.82, 2.24) is 124 Å². The predicted octanol–water partition coefficient (Wildman–Crippen LogP) is 10.9. The molecule has 0 radical (unpaired) electrons. The van der Waals surface area contributed by atoms with Crippen LogP contribution in [0.25, 0.3) is 54.8 Å². The zero-order valence-electron chi connectivity index (χ0n) is 81.3. The van der Waals surface area contributed by atoms with Crippen LogP contribution in [0.5, 0.6) is 0 Å². The van der Waals surface area contributed by atoms with Gasteiger partial charge in [-0.3, -0.25) is 34.9 Å². The molecular weight excluding hydrogens is 1730 g/mol. The molecular formula is C100H123F2N35. The summed E-state index contributed by atoms with van der Waals surface area (Å²) in [5.41, 5.74) is 13.1. The number of aryl methyl sites for hydroxylation is 5. The molecule has 0 N–H and O–H groups in total. The van der Waals surface area contributed by atoms with Crippen molar-refractivity contribution in [3.63, 3.8) is 0 Å². The Labute approximate surface area is 799 Å². The summed E-state index contributed by atoms with van der Waals surface area (Å²) in [6, 6.07) is 34.4. The average Bonchev–Trinajstić information content (AvgIpc) is 0.780. The van der Waals surface area contributed by atoms with Crippen molar-refractivity contribution in [3.8, 4) is 0 Å². The molecule has 5 aliphatic heterocycles. The highest BCUT2D eigenvalue weighted by molar-refractivity contribution is 5.93. The van der Waals surface area contributed by atoms with Gasteiger partial charge in [-0.2, -0.15) is 0 Å². The Morgan fingerprint density at radius 3 is 1.04 bits per heavy atom. The molecule has 0 bridgehead atoms. The topological polar surface area (TPSA) is 306 Å². The van der Waals surface area contributed by atoms with Crippen molar-refractivity contribution in [1.29, 1.82) is 0 Å². The largest absolute Gasteiger partial charge is 0.367 e. The Kier molecular flexibility index (Phi) is 31.2. The lowest BCUT2D eigenvalue weighted by molar-refractivity contribution is 0.312. The van der Waals surface area contributed by atoms with Gasteiger partial charge < -0.3 is 73.5 Å². The van der Waals surface area contributed by atoms with Crippen molar-refractivity contribution in [2.24, 2.45) is 0 Å². The Hall–Kier alpha value is -14.1. The van der Waals surface area contributed by atoms with Gasteiger partial charge in [-0.1, -0.05) is 6.07 Å². The summed E-state index contributed by atoms with van der Waals surface area (Å²) in [6.45, 7) is 33.1. The van der Waals surface area contributed by atoms with Crippen LogP contribution in [0.1, 0.15) is 57.6 Å². The normalized spacial score (nSPS) is 15.3. The zero-order chi connectivity index (χ0) is 95.8. The number of pyridine rings is 8. The van der Waals surface area contributed by atoms with Gasteiger partial charge >= 0.3 is 0 Å². The number of benzene rings is 1. The second kappa shape index (κ2) is 44.6. The first-order valence-corrected chi connectivity index (χ1v) is 46.6. The van der Waals surface area contributed by atoms with E-state index in [-0.39, 0.29) is 5.39 Å². The molecule has 712 valence electrons. The van der Waals surface area contributed by atoms with Crippen LogP contribution in [0.3, 0.4) is 0 Å². The fraction of sp³-hybridized carbons (Fsp3) is 0.400. The number of anilines is 10. The summed E-state index contributed by atoms with van der Waals surface area (Å²) in [5, 5.41) is 2.30. The molecule has 37 heteroatoms. The molecule has 5 fully saturated rings. The Bertz CT molecular complexity index is 5960. The Balaban J connectivity index is 0.000000124. The fourth-order valence-electron chi connectivity index (χ4n) is 17.5. The summed E-state index contributed by atoms with van der Waals surface area (Å²) in [6.07, 6.45) is 17.7. The molecule has 19 heterocycles. The summed E-state index contributed by atoms with van der Waals surface area (Å²) in [5.74, 6) is 8.79. The molecule has 137 heavy (non-hydrogen) atoms. The van der Waals surface area contributed by atoms with E-state index in [1.807, 2.05) is 165 Å². The van der Waals surface area contributed by atoms with Crippen molar-refractivity contribution < 1.29 is 8.78 Å². The number of hydrogen-bond acceptors (Lipinski definition) is 35. The van der Waals surface area contributed by atoms with Gasteiger partial charge in [0, 0.05) is 268 Å². The molecule has 0 amide bonds. The van der Waals surface area contributed by atoms with Gasteiger partial charge in [0.2, 0.25) is 0 Å². The van der Waals surface area contributed by atoms with Crippen LogP contribution in [-0.2, 0) is 32.7 Å². The molecule has 0 unspecified atom stereocenters. The second-order valence-corrected chi connectivity index (χ2v) is 35.9. The third-order valence-electron chi connectivity index (χ3n) is 25.1. The van der Waals surface area contributed by atoms with E-state index in [9.17, 15) is 8.78 Å². The minimum absolute atomic E-state index is 0.173. The maximum atomic E-state index is 14.1. The SMILES string of the molecule is Cc1nc(CN(C)c2cc(F)c(F)c3cccnc23)cc(N2CCN(C)CC2)n1.Cc1nc(CN(C)c2ccnc3cccnc23)cc(N2CCN(C)CC2)n1.Cc1nc(CN(C)c2cncc3cccnc23)cc(N2CCN(C)CC2)n1.Cc1nc(CN(C)c2nccc3cccnc23)cc(N2CCN(C)CC2)n1.Cc1nc(CN(C)c2ncnc3cccnc23)cc(N2CCN(C)CC2)n1. The van der Waals surface area contributed by atoms with E-state index in [2.05, 4.69) is 248 Å². The van der Waals surface area contributed by atoms with E-state index >= 15 is 0 Å². The quantitative estimate of drug-likeness (QED) is 0.0684. The highest BCUT2D eigenvalue weighted by Gasteiger charge is 2.27. The molecule has 35 nitrogen and oxygen atoms in total. The van der Waals surface area contributed by atoms with Gasteiger partial charge in [0.25, 0.3) is 0 Å². The van der Waals surface area contributed by atoms with E-state index in [0.717, 1.165) is 279 Å². The molecule has 5 saturated heterocycles. The fourth-order valence-corrected chi connectivity index (χ4v) is 17.5. The minimum Gasteiger partial charge on any atom is -0.367 e. The first-order chi connectivity index (χ1) is 66.3. The lowest BCUT2D eigenvalue weighted by atomic mass is 10.1. The highest BCUT2D eigenvalue weighted by Crippen LogP contribution is 2.33. The van der Waals surface area contributed by atoms with Gasteiger partial charge in [-0.15, -0.1) is 0 Å². The molecule has 5 aliphatic rings. The van der Waals surface area contributed by atoms with Gasteiger partial charge in [-0.25, -0.2) is 73.6 Å². The number of hydrogen-bond donors (Lipinski definition) is 0. The second-order valence-electron chi connectivity index (χ2n) is 35.9. The zero-order valence-corrected chi connectivity index (χ0v) is 81.3. The van der Waals surface area contributed by atoms with Crippen LogP contribution in [0.2, 0.25) is 0 Å². The number of aromatic nitrogens is 20. The van der Waals surface area contributed by atoms with Gasteiger partial charge in [0.15, 0.2) is 23.3 Å². The summed E-state index contributed by atoms with van der Waals surface area (Å²) >= 11 is 0. The van der Waals surface area contributed by atoms with Gasteiger partial charge in [0.05, 0.1) is 107 Å². The van der Waals surface area contributed by atoms with Crippen molar-refractivity contribution in [3.05, 3.63) is 241 Å². The summed E-state index contributed by atoms with van der Waals surface area (Å²) in [7, 11) is 20.7. The van der Waals surface area contributed by atoms with Crippen LogP contribution in [0, 0.1) is 46.3 Å². The van der Waals surface area contributed by atoms with E-state index in [0.29, 0.717) is 49.8 Å². The minimum atomic E-state index is -0.885. The standard InChI is InChI=1S/C21H24F2N6.3C20H25N7.C19H24N8/c1-14-25-15(11-19(26-14)29-9-7-27(2)8-10-29)13-28(3)18-12-17(22)20(23)16-5-4-6-24-21(16)18;1-15-23-16(13-19(24-15)27-11-9-25(2)10-12-27)14-26(3)18-6-8-21-17-5-4-7-22-20(17)18;1-15-23-17(13-18(24-15)27-11-9-25(2)10-12-27)14-26(3)20-19-16(6-8-22-20)5-4-7-21-19;1-15-23-17(11-19(24-15)27-9-7-25(2)8-10-27)14-26(3)18-13-21-12-16-5-4-6-22-20(16)18;1-14-23-15(11-17(24-14)27-9-7-25(2)8-10-27)12-26(3)19-18-16(21-13-22-19)5-4-6-20-18/h4-6,11-12H,7-10,13H2,1-3H3;2*4-8,13H,9-12,14H2,1-3H3;4-6,11-13H,7-10,14H2,1-3H3;4-6,11,13H,7-10,12H2,1-3H3. The molecule has 0 saturated carbocycles. The van der Waals surface area contributed by atoms with E-state index in [4.69, 9.17) is 0 Å². The van der Waals surface area contributed by atoms with Gasteiger partial charge in [0.1, 0.15) is 81.1 Å². The van der Waals surface area contributed by atoms with Crippen molar-refractivity contribution in [2.75, 3.05) is 250 Å². The van der Waals surface area contributed by atoms with Crippen LogP contribution >= 0.6 is 0 Å². The highest BCUT2D eigenvalue weighted by atomic mass is 19.2. The maximum absolute atomic E-state index is 14.1. The number of fused-ring (bicyclic) bond motifs is 5. The molecule has 1 aromatic carbocycles. The van der Waals surface area contributed by atoms with E-state index in [1.54, 1.807) is 30.9 Å². The third kappa shape index (κ3) is 24.6. The van der Waals surface area contributed by atoms with Crippen molar-refractivity contribution >= 4 is 113 Å². The first-order valence-electron chi connectivity index (χ1n) is 46.6. The number of nitrogens with zero attached hydrogens (tertiary/aromatic N) is 35. The molecule has 0 aliphatic carbocycles. The predicted molar refractivity (Wildman–Crippen MR) is 541 cm³/mol. The molecule has 14 aromatic heterocycles. The van der Waals surface area contributed by atoms with E-state index in [1.165, 1.54) is 6.07 Å². The van der Waals surface area contributed by atoms with Crippen LogP contribution < -0.4 is 49.0 Å². The lowest BCUT2D eigenvalue weighted by Crippen LogP contribution is -2.45.